The molecule has 4 aromatic rings. The number of phenols is 1. The first-order valence-electron chi connectivity index (χ1n) is 15.8. The molecule has 2 fully saturated rings. The molecule has 0 spiro atoms. The van der Waals surface area contributed by atoms with Crippen molar-refractivity contribution in [3.8, 4) is 5.75 Å². The molecule has 1 heterocycles. The lowest BCUT2D eigenvalue weighted by atomic mass is 9.97. The number of nitrogen functional groups attached to an aromatic ring is 1. The SMILES string of the molecule is NC1CCCCC1.Nc1ccccc1.O=C(O)Cc1ccccc1.Oc1ccccc1.c1ccc(CC2CCCCN2)cc1. The highest BCUT2D eigenvalue weighted by Gasteiger charge is 2.12. The Morgan fingerprint density at radius 1 is 0.659 bits per heavy atom. The molecule has 1 saturated carbocycles. The number of carboxylic acid groups (broad SMARTS) is 1. The molecule has 0 amide bonds. The molecule has 1 saturated heterocycles. The minimum absolute atomic E-state index is 0.112. The number of nitrogens with two attached hydrogens (primary N) is 2. The van der Waals surface area contributed by atoms with Gasteiger partial charge < -0.3 is 27.0 Å². The van der Waals surface area contributed by atoms with Crippen LogP contribution in [-0.4, -0.2) is 34.8 Å². The van der Waals surface area contributed by atoms with E-state index in [9.17, 15) is 4.79 Å². The van der Waals surface area contributed by atoms with Crippen LogP contribution in [0.15, 0.2) is 121 Å². The van der Waals surface area contributed by atoms with Crippen LogP contribution >= 0.6 is 0 Å². The summed E-state index contributed by atoms with van der Waals surface area (Å²) in [7, 11) is 0. The highest BCUT2D eigenvalue weighted by atomic mass is 16.4. The predicted molar refractivity (Wildman–Crippen MR) is 184 cm³/mol. The van der Waals surface area contributed by atoms with Gasteiger partial charge in [0.1, 0.15) is 5.75 Å². The minimum Gasteiger partial charge on any atom is -0.508 e. The van der Waals surface area contributed by atoms with Crippen molar-refractivity contribution >= 4 is 11.7 Å². The van der Waals surface area contributed by atoms with Gasteiger partial charge in [-0.2, -0.15) is 0 Å². The van der Waals surface area contributed by atoms with E-state index in [0.29, 0.717) is 11.8 Å². The third-order valence-electron chi connectivity index (χ3n) is 7.14. The van der Waals surface area contributed by atoms with Gasteiger partial charge in [-0.05, 0) is 74.0 Å². The number of carbonyl (C=O) groups is 1. The Balaban J connectivity index is 0.000000197. The molecular formula is C38H51N3O3. The van der Waals surface area contributed by atoms with Crippen LogP contribution in [0, 0.1) is 0 Å². The molecule has 0 aromatic heterocycles. The van der Waals surface area contributed by atoms with Gasteiger partial charge >= 0.3 is 5.97 Å². The fraction of sp³-hybridized carbons (Fsp3) is 0.342. The number of benzene rings is 4. The van der Waals surface area contributed by atoms with Gasteiger partial charge in [-0.3, -0.25) is 4.79 Å². The van der Waals surface area contributed by atoms with E-state index in [4.69, 9.17) is 21.7 Å². The monoisotopic (exact) mass is 597 g/mol. The zero-order valence-electron chi connectivity index (χ0n) is 25.9. The summed E-state index contributed by atoms with van der Waals surface area (Å²) in [5, 5.41) is 20.6. The number of aromatic hydroxyl groups is 1. The number of carboxylic acids is 1. The molecule has 4 aromatic carbocycles. The van der Waals surface area contributed by atoms with Crippen molar-refractivity contribution in [2.45, 2.75) is 76.3 Å². The fourth-order valence-electron chi connectivity index (χ4n) is 4.78. The molecule has 0 bridgehead atoms. The summed E-state index contributed by atoms with van der Waals surface area (Å²) >= 11 is 0. The number of anilines is 1. The molecule has 1 atom stereocenters. The van der Waals surface area contributed by atoms with Gasteiger partial charge in [-0.1, -0.05) is 123 Å². The van der Waals surface area contributed by atoms with Gasteiger partial charge in [0.2, 0.25) is 0 Å². The Bertz CT molecular complexity index is 1180. The van der Waals surface area contributed by atoms with Crippen molar-refractivity contribution in [1.82, 2.24) is 5.32 Å². The summed E-state index contributed by atoms with van der Waals surface area (Å²) < 4.78 is 0. The third kappa shape index (κ3) is 19.1. The van der Waals surface area contributed by atoms with Crippen LogP contribution in [0.2, 0.25) is 0 Å². The number of piperidine rings is 1. The number of hydrogen-bond donors (Lipinski definition) is 5. The number of para-hydroxylation sites is 2. The molecular weight excluding hydrogens is 546 g/mol. The highest BCUT2D eigenvalue weighted by Crippen LogP contribution is 2.15. The maximum absolute atomic E-state index is 10.2. The normalized spacial score (nSPS) is 15.6. The van der Waals surface area contributed by atoms with Crippen LogP contribution in [0.5, 0.6) is 5.75 Å². The first-order valence-corrected chi connectivity index (χ1v) is 15.8. The topological polar surface area (TPSA) is 122 Å². The Hall–Kier alpha value is -4.13. The van der Waals surface area contributed by atoms with E-state index < -0.39 is 5.97 Å². The van der Waals surface area contributed by atoms with E-state index in [0.717, 1.165) is 17.3 Å². The molecule has 7 N–H and O–H groups in total. The van der Waals surface area contributed by atoms with Crippen molar-refractivity contribution < 1.29 is 15.0 Å². The van der Waals surface area contributed by atoms with Gasteiger partial charge in [0, 0.05) is 17.8 Å². The summed E-state index contributed by atoms with van der Waals surface area (Å²) in [6.45, 7) is 1.21. The second-order valence-electron chi connectivity index (χ2n) is 11.0. The standard InChI is InChI=1S/C12H17N.C8H8O2.C6H13N.C6H7N.C6H6O/c1-2-6-11(7-3-1)10-12-8-4-5-9-13-12;9-8(10)6-7-4-2-1-3-5-7;3*7-6-4-2-1-3-5-6/h1-3,6-7,12-13H,4-5,8-10H2;1-5H,6H2,(H,9,10);6H,1-5,7H2;1-5H,7H2;1-5,7H. The summed E-state index contributed by atoms with van der Waals surface area (Å²) in [4.78, 5) is 10.2. The average molecular weight is 598 g/mol. The van der Waals surface area contributed by atoms with Crippen molar-refractivity contribution in [2.24, 2.45) is 5.73 Å². The summed E-state index contributed by atoms with van der Waals surface area (Å²) in [5.41, 5.74) is 14.1. The quantitative estimate of drug-likeness (QED) is 0.154. The van der Waals surface area contributed by atoms with E-state index in [-0.39, 0.29) is 6.42 Å². The fourth-order valence-corrected chi connectivity index (χ4v) is 4.78. The molecule has 6 nitrogen and oxygen atoms in total. The van der Waals surface area contributed by atoms with Gasteiger partial charge in [0.05, 0.1) is 6.42 Å². The lowest BCUT2D eigenvalue weighted by molar-refractivity contribution is -0.136. The largest absolute Gasteiger partial charge is 0.508 e. The number of nitrogens with one attached hydrogen (secondary N) is 1. The van der Waals surface area contributed by atoms with Gasteiger partial charge in [-0.25, -0.2) is 0 Å². The molecule has 1 aliphatic carbocycles. The van der Waals surface area contributed by atoms with E-state index in [2.05, 4.69) is 35.6 Å². The van der Waals surface area contributed by atoms with Gasteiger partial charge in [0.15, 0.2) is 0 Å². The van der Waals surface area contributed by atoms with Crippen LogP contribution in [0.4, 0.5) is 5.69 Å². The van der Waals surface area contributed by atoms with Crippen molar-refractivity contribution in [2.75, 3.05) is 12.3 Å². The smallest absolute Gasteiger partial charge is 0.307 e. The number of rotatable bonds is 4. The van der Waals surface area contributed by atoms with E-state index in [1.54, 1.807) is 36.4 Å². The van der Waals surface area contributed by atoms with Crippen LogP contribution in [0.25, 0.3) is 0 Å². The Kier molecular flexibility index (Phi) is 19.1. The number of hydrogen-bond acceptors (Lipinski definition) is 5. The maximum atomic E-state index is 10.2. The lowest BCUT2D eigenvalue weighted by Gasteiger charge is -2.23. The van der Waals surface area contributed by atoms with Gasteiger partial charge in [0.25, 0.3) is 0 Å². The summed E-state index contributed by atoms with van der Waals surface area (Å²) in [6.07, 6.45) is 12.1. The lowest BCUT2D eigenvalue weighted by Crippen LogP contribution is -2.35. The molecule has 6 heteroatoms. The zero-order chi connectivity index (χ0) is 31.7. The van der Waals surface area contributed by atoms with Crippen LogP contribution in [0.3, 0.4) is 0 Å². The molecule has 44 heavy (non-hydrogen) atoms. The average Bonchev–Trinajstić information content (AvgIpc) is 3.05. The summed E-state index contributed by atoms with van der Waals surface area (Å²) in [6, 6.07) is 39.3. The number of phenolic OH excluding ortho intramolecular Hbond substituents is 1. The highest BCUT2D eigenvalue weighted by molar-refractivity contribution is 5.70. The second-order valence-corrected chi connectivity index (χ2v) is 11.0. The van der Waals surface area contributed by atoms with E-state index in [1.807, 2.05) is 54.6 Å². The third-order valence-corrected chi connectivity index (χ3v) is 7.14. The Labute approximate surface area is 264 Å². The molecule has 1 unspecified atom stereocenters. The molecule has 2 aliphatic rings. The van der Waals surface area contributed by atoms with Crippen molar-refractivity contribution in [3.05, 3.63) is 132 Å². The minimum atomic E-state index is -0.786. The van der Waals surface area contributed by atoms with Crippen molar-refractivity contribution in [1.29, 1.82) is 0 Å². The van der Waals surface area contributed by atoms with Crippen LogP contribution < -0.4 is 16.8 Å². The van der Waals surface area contributed by atoms with Crippen molar-refractivity contribution in [3.63, 3.8) is 0 Å². The van der Waals surface area contributed by atoms with E-state index in [1.165, 1.54) is 69.9 Å². The van der Waals surface area contributed by atoms with Gasteiger partial charge in [-0.15, -0.1) is 0 Å². The predicted octanol–water partition coefficient (Wildman–Crippen LogP) is 7.62. The molecule has 1 aliphatic heterocycles. The summed E-state index contributed by atoms with van der Waals surface area (Å²) in [5.74, 6) is -0.464. The first kappa shape index (κ1) is 36.1. The first-order chi connectivity index (χ1) is 21.4. The Morgan fingerprint density at radius 3 is 1.50 bits per heavy atom. The Morgan fingerprint density at radius 2 is 1.14 bits per heavy atom. The molecule has 0 radical (unpaired) electrons. The zero-order valence-corrected chi connectivity index (χ0v) is 25.9. The molecule has 236 valence electrons. The van der Waals surface area contributed by atoms with Crippen LogP contribution in [0.1, 0.15) is 62.5 Å². The maximum Gasteiger partial charge on any atom is 0.307 e. The molecule has 6 rings (SSSR count). The number of aliphatic carboxylic acids is 1. The van der Waals surface area contributed by atoms with E-state index >= 15 is 0 Å². The second kappa shape index (κ2) is 23.3. The van der Waals surface area contributed by atoms with Crippen LogP contribution in [-0.2, 0) is 17.6 Å².